The molecule has 0 atom stereocenters. The number of hydrogen-bond acceptors (Lipinski definition) is 5. The van der Waals surface area contributed by atoms with E-state index in [2.05, 4.69) is 26.0 Å². The van der Waals surface area contributed by atoms with E-state index in [-0.39, 0.29) is 11.5 Å². The van der Waals surface area contributed by atoms with Crippen LogP contribution in [0.15, 0.2) is 10.9 Å². The zero-order valence-corrected chi connectivity index (χ0v) is 11.7. The van der Waals surface area contributed by atoms with Crippen LogP contribution in [-0.4, -0.2) is 31.2 Å². The van der Waals surface area contributed by atoms with Crippen LogP contribution in [-0.2, 0) is 26.6 Å². The Kier molecular flexibility index (Phi) is 3.06. The summed E-state index contributed by atoms with van der Waals surface area (Å²) in [5.74, 6) is 0.197. The largest absolute Gasteiger partial charge is 0.369 e. The molecule has 0 radical (unpaired) electrons. The first-order valence-corrected chi connectivity index (χ1v) is 6.62. The monoisotopic (exact) mass is 274 g/mol. The number of anilines is 1. The highest BCUT2D eigenvalue weighted by atomic mass is 16.1. The van der Waals surface area contributed by atoms with Crippen molar-refractivity contribution in [2.24, 2.45) is 7.05 Å². The number of aromatic amines is 1. The summed E-state index contributed by atoms with van der Waals surface area (Å²) in [5.41, 5.74) is 9.13. The minimum Gasteiger partial charge on any atom is -0.369 e. The van der Waals surface area contributed by atoms with Crippen LogP contribution in [0.5, 0.6) is 0 Å². The molecule has 0 aromatic carbocycles. The molecule has 0 fully saturated rings. The molecule has 3 rings (SSSR count). The highest BCUT2D eigenvalue weighted by Gasteiger charge is 2.21. The summed E-state index contributed by atoms with van der Waals surface area (Å²) in [6.07, 6.45) is 0.745. The molecule has 0 aliphatic carbocycles. The number of nitrogens with zero attached hydrogens (tertiary/aromatic N) is 4. The number of aryl methyl sites for hydroxylation is 2. The molecule has 3 heterocycles. The molecule has 1 aliphatic heterocycles. The van der Waals surface area contributed by atoms with Crippen LogP contribution in [0.3, 0.4) is 0 Å². The maximum Gasteiger partial charge on any atom is 0.257 e. The molecule has 0 bridgehead atoms. The number of hydrogen-bond donors (Lipinski definition) is 2. The van der Waals surface area contributed by atoms with E-state index in [1.807, 2.05) is 18.7 Å². The standard InChI is InChI=1S/C13H18N6O/c1-8-5-9(17-18(8)2)6-19-4-3-11-10(7-19)12(20)16-13(14)15-11/h5H,3-4,6-7H2,1-2H3,(H3,14,15,16,20). The van der Waals surface area contributed by atoms with E-state index in [9.17, 15) is 4.79 Å². The van der Waals surface area contributed by atoms with Crippen LogP contribution >= 0.6 is 0 Å². The summed E-state index contributed by atoms with van der Waals surface area (Å²) < 4.78 is 1.86. The number of nitrogens with two attached hydrogens (primary N) is 1. The average molecular weight is 274 g/mol. The lowest BCUT2D eigenvalue weighted by atomic mass is 10.1. The lowest BCUT2D eigenvalue weighted by Crippen LogP contribution is -2.35. The Balaban J connectivity index is 1.80. The first-order valence-electron chi connectivity index (χ1n) is 6.62. The molecule has 0 saturated heterocycles. The fraction of sp³-hybridized carbons (Fsp3) is 0.462. The van der Waals surface area contributed by atoms with Crippen molar-refractivity contribution in [3.8, 4) is 0 Å². The maximum absolute atomic E-state index is 11.9. The molecule has 2 aromatic heterocycles. The normalized spacial score (nSPS) is 15.3. The summed E-state index contributed by atoms with van der Waals surface area (Å²) in [6, 6.07) is 2.07. The van der Waals surface area contributed by atoms with E-state index in [0.717, 1.165) is 42.2 Å². The van der Waals surface area contributed by atoms with Gasteiger partial charge in [0.15, 0.2) is 0 Å². The number of aromatic nitrogens is 4. The van der Waals surface area contributed by atoms with Gasteiger partial charge in [-0.15, -0.1) is 0 Å². The molecule has 0 amide bonds. The van der Waals surface area contributed by atoms with E-state index in [1.165, 1.54) is 0 Å². The zero-order valence-electron chi connectivity index (χ0n) is 11.7. The number of fused-ring (bicyclic) bond motifs is 1. The van der Waals surface area contributed by atoms with Crippen molar-refractivity contribution >= 4 is 5.95 Å². The summed E-state index contributed by atoms with van der Waals surface area (Å²) in [6.45, 7) is 4.22. The molecule has 7 nitrogen and oxygen atoms in total. The second-order valence-electron chi connectivity index (χ2n) is 5.24. The van der Waals surface area contributed by atoms with E-state index in [1.54, 1.807) is 0 Å². The van der Waals surface area contributed by atoms with Crippen LogP contribution in [0.1, 0.15) is 22.6 Å². The molecular formula is C13H18N6O. The van der Waals surface area contributed by atoms with Crippen LogP contribution < -0.4 is 11.3 Å². The van der Waals surface area contributed by atoms with Gasteiger partial charge in [0.2, 0.25) is 5.95 Å². The Morgan fingerprint density at radius 3 is 3.00 bits per heavy atom. The summed E-state index contributed by atoms with van der Waals surface area (Å²) in [4.78, 5) is 20.9. The lowest BCUT2D eigenvalue weighted by Gasteiger charge is -2.26. The van der Waals surface area contributed by atoms with E-state index in [4.69, 9.17) is 5.73 Å². The van der Waals surface area contributed by atoms with Crippen LogP contribution in [0, 0.1) is 6.92 Å². The number of H-pyrrole nitrogens is 1. The smallest absolute Gasteiger partial charge is 0.257 e. The Bertz CT molecular complexity index is 682. The Labute approximate surface area is 116 Å². The second-order valence-corrected chi connectivity index (χ2v) is 5.24. The van der Waals surface area contributed by atoms with Crippen LogP contribution in [0.25, 0.3) is 0 Å². The quantitative estimate of drug-likeness (QED) is 0.801. The number of rotatable bonds is 2. The van der Waals surface area contributed by atoms with Gasteiger partial charge in [0.05, 0.1) is 17.0 Å². The predicted molar refractivity (Wildman–Crippen MR) is 75.0 cm³/mol. The summed E-state index contributed by atoms with van der Waals surface area (Å²) in [7, 11) is 1.93. The highest BCUT2D eigenvalue weighted by molar-refractivity contribution is 5.27. The van der Waals surface area contributed by atoms with Crippen molar-refractivity contribution in [3.63, 3.8) is 0 Å². The molecule has 0 spiro atoms. The van der Waals surface area contributed by atoms with Crippen molar-refractivity contribution in [1.82, 2.24) is 24.6 Å². The maximum atomic E-state index is 11.9. The van der Waals surface area contributed by atoms with Gasteiger partial charge in [0.25, 0.3) is 5.56 Å². The second kappa shape index (κ2) is 4.75. The van der Waals surface area contributed by atoms with Crippen LogP contribution in [0.2, 0.25) is 0 Å². The van der Waals surface area contributed by atoms with Gasteiger partial charge in [-0.3, -0.25) is 19.4 Å². The van der Waals surface area contributed by atoms with Crippen molar-refractivity contribution in [3.05, 3.63) is 39.1 Å². The first-order chi connectivity index (χ1) is 9.52. The molecule has 1 aliphatic rings. The number of nitrogen functional groups attached to an aromatic ring is 1. The topological polar surface area (TPSA) is 92.8 Å². The fourth-order valence-corrected chi connectivity index (χ4v) is 2.58. The van der Waals surface area contributed by atoms with Gasteiger partial charge < -0.3 is 5.73 Å². The zero-order chi connectivity index (χ0) is 14.3. The molecule has 0 saturated carbocycles. The molecule has 20 heavy (non-hydrogen) atoms. The van der Waals surface area contributed by atoms with Gasteiger partial charge in [-0.1, -0.05) is 0 Å². The first kappa shape index (κ1) is 12.9. The highest BCUT2D eigenvalue weighted by Crippen LogP contribution is 2.16. The molecule has 7 heteroatoms. The molecule has 106 valence electrons. The van der Waals surface area contributed by atoms with Crippen molar-refractivity contribution in [2.75, 3.05) is 12.3 Å². The molecule has 2 aromatic rings. The minimum atomic E-state index is -0.130. The summed E-state index contributed by atoms with van der Waals surface area (Å²) >= 11 is 0. The van der Waals surface area contributed by atoms with E-state index < -0.39 is 0 Å². The SMILES string of the molecule is Cc1cc(CN2CCc3nc(N)[nH]c(=O)c3C2)nn1C. The summed E-state index contributed by atoms with van der Waals surface area (Å²) in [5, 5.41) is 4.45. The lowest BCUT2D eigenvalue weighted by molar-refractivity contribution is 0.238. The van der Waals surface area contributed by atoms with E-state index in [0.29, 0.717) is 6.54 Å². The van der Waals surface area contributed by atoms with Crippen molar-refractivity contribution < 1.29 is 0 Å². The fourth-order valence-electron chi connectivity index (χ4n) is 2.58. The predicted octanol–water partition coefficient (Wildman–Crippen LogP) is -0.0477. The van der Waals surface area contributed by atoms with E-state index >= 15 is 0 Å². The third-order valence-corrected chi connectivity index (χ3v) is 3.72. The van der Waals surface area contributed by atoms with Gasteiger partial charge in [-0.05, 0) is 13.0 Å². The average Bonchev–Trinajstić information content (AvgIpc) is 2.69. The number of nitrogens with one attached hydrogen (secondary N) is 1. The molecular weight excluding hydrogens is 256 g/mol. The van der Waals surface area contributed by atoms with Gasteiger partial charge in [-0.2, -0.15) is 5.10 Å². The van der Waals surface area contributed by atoms with Gasteiger partial charge in [-0.25, -0.2) is 4.98 Å². The Morgan fingerprint density at radius 1 is 1.50 bits per heavy atom. The minimum absolute atomic E-state index is 0.130. The van der Waals surface area contributed by atoms with Crippen molar-refractivity contribution in [2.45, 2.75) is 26.4 Å². The Hall–Kier alpha value is -2.15. The molecule has 0 unspecified atom stereocenters. The van der Waals surface area contributed by atoms with Crippen LogP contribution in [0.4, 0.5) is 5.95 Å². The third-order valence-electron chi connectivity index (χ3n) is 3.72. The molecule has 3 N–H and O–H groups in total. The van der Waals surface area contributed by atoms with Gasteiger partial charge >= 0.3 is 0 Å². The van der Waals surface area contributed by atoms with Crippen molar-refractivity contribution in [1.29, 1.82) is 0 Å². The van der Waals surface area contributed by atoms with Gasteiger partial charge in [0, 0.05) is 38.8 Å². The third kappa shape index (κ3) is 2.32. The van der Waals surface area contributed by atoms with Gasteiger partial charge in [0.1, 0.15) is 0 Å². The Morgan fingerprint density at radius 2 is 2.30 bits per heavy atom.